The van der Waals surface area contributed by atoms with Crippen LogP contribution in [0.15, 0.2) is 11.0 Å². The van der Waals surface area contributed by atoms with Gasteiger partial charge >= 0.3 is 0 Å². The van der Waals surface area contributed by atoms with Crippen LogP contribution >= 0.6 is 39.1 Å². The maximum absolute atomic E-state index is 11.1. The van der Waals surface area contributed by atoms with Crippen LogP contribution in [-0.2, 0) is 5.45 Å². The van der Waals surface area contributed by atoms with Crippen LogP contribution < -0.4 is 5.56 Å². The lowest BCUT2D eigenvalue weighted by Crippen LogP contribution is -2.21. The number of rotatable bonds is 1. The fraction of sp³-hybridized carbons (Fsp3) is 0.200. The van der Waals surface area contributed by atoms with Gasteiger partial charge in [-0.05, 0) is 0 Å². The highest BCUT2D eigenvalue weighted by Crippen LogP contribution is 2.14. The lowest BCUT2D eigenvalue weighted by molar-refractivity contribution is 0.700. The molecule has 60 valence electrons. The van der Waals surface area contributed by atoms with Gasteiger partial charge in [0.2, 0.25) is 0 Å². The SMILES string of the molecule is O=c1c(Cl)c(Cl)cnn1CBr. The van der Waals surface area contributed by atoms with Gasteiger partial charge in [0.15, 0.2) is 0 Å². The molecule has 0 aliphatic heterocycles. The van der Waals surface area contributed by atoms with Crippen molar-refractivity contribution in [3.05, 3.63) is 26.6 Å². The van der Waals surface area contributed by atoms with Crippen LogP contribution in [0.3, 0.4) is 0 Å². The molecule has 0 aliphatic carbocycles. The van der Waals surface area contributed by atoms with Gasteiger partial charge in [-0.3, -0.25) is 4.79 Å². The molecule has 1 aromatic rings. The molecular weight excluding hydrogens is 255 g/mol. The van der Waals surface area contributed by atoms with Crippen molar-refractivity contribution in [3.63, 3.8) is 0 Å². The van der Waals surface area contributed by atoms with Crippen LogP contribution in [-0.4, -0.2) is 9.78 Å². The second-order valence-electron chi connectivity index (χ2n) is 1.73. The van der Waals surface area contributed by atoms with Crippen LogP contribution in [0, 0.1) is 0 Å². The lowest BCUT2D eigenvalue weighted by atomic mass is 10.6. The maximum Gasteiger partial charge on any atom is 0.287 e. The Kier molecular flexibility index (Phi) is 2.92. The third-order valence-electron chi connectivity index (χ3n) is 1.06. The molecule has 0 saturated heterocycles. The highest BCUT2D eigenvalue weighted by molar-refractivity contribution is 9.08. The minimum absolute atomic E-state index is 0.00103. The normalized spacial score (nSPS) is 10.1. The average molecular weight is 258 g/mol. The van der Waals surface area contributed by atoms with Crippen molar-refractivity contribution in [2.45, 2.75) is 5.45 Å². The number of halogens is 3. The molecule has 0 fully saturated rings. The molecule has 1 heterocycles. The first-order valence-corrected chi connectivity index (χ1v) is 4.51. The van der Waals surface area contributed by atoms with E-state index in [2.05, 4.69) is 21.0 Å². The van der Waals surface area contributed by atoms with Gasteiger partial charge < -0.3 is 0 Å². The van der Waals surface area contributed by atoms with E-state index in [0.29, 0.717) is 5.45 Å². The summed E-state index contributed by atoms with van der Waals surface area (Å²) in [5.41, 5.74) is -0.0843. The molecule has 0 aromatic carbocycles. The highest BCUT2D eigenvalue weighted by atomic mass is 79.9. The quantitative estimate of drug-likeness (QED) is 0.721. The smallest absolute Gasteiger partial charge is 0.266 e. The first-order valence-electron chi connectivity index (χ1n) is 2.64. The average Bonchev–Trinajstić information content (AvgIpc) is 2.01. The monoisotopic (exact) mass is 256 g/mol. The van der Waals surface area contributed by atoms with Gasteiger partial charge in [-0.1, -0.05) is 39.1 Å². The highest BCUT2D eigenvalue weighted by Gasteiger charge is 2.05. The van der Waals surface area contributed by atoms with Gasteiger partial charge in [-0.15, -0.1) is 0 Å². The third kappa shape index (κ3) is 1.75. The molecule has 11 heavy (non-hydrogen) atoms. The van der Waals surface area contributed by atoms with E-state index in [4.69, 9.17) is 23.2 Å². The topological polar surface area (TPSA) is 34.9 Å². The van der Waals surface area contributed by atoms with Crippen LogP contribution in [0.1, 0.15) is 0 Å². The van der Waals surface area contributed by atoms with Gasteiger partial charge in [-0.25, -0.2) is 4.68 Å². The number of hydrogen-bond donors (Lipinski definition) is 0. The number of hydrogen-bond acceptors (Lipinski definition) is 2. The van der Waals surface area contributed by atoms with E-state index in [1.807, 2.05) is 0 Å². The van der Waals surface area contributed by atoms with Crippen molar-refractivity contribution in [2.24, 2.45) is 0 Å². The molecule has 0 atom stereocenters. The molecular formula is C5H3BrCl2N2O. The van der Waals surface area contributed by atoms with Gasteiger partial charge in [0.1, 0.15) is 5.02 Å². The van der Waals surface area contributed by atoms with Crippen LogP contribution in [0.2, 0.25) is 10.0 Å². The van der Waals surface area contributed by atoms with Crippen molar-refractivity contribution in [3.8, 4) is 0 Å². The maximum atomic E-state index is 11.1. The van der Waals surface area contributed by atoms with Gasteiger partial charge in [0.05, 0.1) is 16.7 Å². The van der Waals surface area contributed by atoms with Gasteiger partial charge in [0.25, 0.3) is 5.56 Å². The summed E-state index contributed by atoms with van der Waals surface area (Å²) < 4.78 is 1.16. The third-order valence-corrected chi connectivity index (χ3v) is 2.28. The first kappa shape index (κ1) is 9.03. The lowest BCUT2D eigenvalue weighted by Gasteiger charge is -1.99. The van der Waals surface area contributed by atoms with Crippen LogP contribution in [0.4, 0.5) is 0 Å². The van der Waals surface area contributed by atoms with E-state index < -0.39 is 5.56 Å². The molecule has 1 aromatic heterocycles. The molecule has 0 amide bonds. The molecule has 0 unspecified atom stereocenters. The van der Waals surface area contributed by atoms with Crippen molar-refractivity contribution in [1.82, 2.24) is 9.78 Å². The summed E-state index contributed by atoms with van der Waals surface area (Å²) in [5, 5.41) is 3.87. The summed E-state index contributed by atoms with van der Waals surface area (Å²) >= 11 is 14.1. The molecule has 1 rings (SSSR count). The summed E-state index contributed by atoms with van der Waals surface area (Å²) in [4.78, 5) is 11.1. The standard InChI is InChI=1S/C5H3BrCl2N2O/c6-2-10-5(11)4(8)3(7)1-9-10/h1H,2H2. The number of nitrogens with zero attached hydrogens (tertiary/aromatic N) is 2. The van der Waals surface area contributed by atoms with Crippen LogP contribution in [0.5, 0.6) is 0 Å². The molecule has 0 radical (unpaired) electrons. The Labute approximate surface area is 81.0 Å². The second-order valence-corrected chi connectivity index (χ2v) is 3.02. The molecule has 0 N–H and O–H groups in total. The Morgan fingerprint density at radius 3 is 2.82 bits per heavy atom. The first-order chi connectivity index (χ1) is 5.16. The second kappa shape index (κ2) is 3.56. The predicted molar refractivity (Wildman–Crippen MR) is 47.4 cm³/mol. The van der Waals surface area contributed by atoms with E-state index in [-0.39, 0.29) is 10.0 Å². The summed E-state index contributed by atoms with van der Waals surface area (Å²) in [6.07, 6.45) is 1.33. The summed E-state index contributed by atoms with van der Waals surface area (Å²) in [7, 11) is 0. The molecule has 0 bridgehead atoms. The van der Waals surface area contributed by atoms with Crippen LogP contribution in [0.25, 0.3) is 0 Å². The Hall–Kier alpha value is -0.0600. The molecule has 0 saturated carbocycles. The Morgan fingerprint density at radius 1 is 1.64 bits per heavy atom. The van der Waals surface area contributed by atoms with Gasteiger partial charge in [0, 0.05) is 0 Å². The van der Waals surface area contributed by atoms with Crippen molar-refractivity contribution in [1.29, 1.82) is 0 Å². The minimum Gasteiger partial charge on any atom is -0.266 e. The zero-order chi connectivity index (χ0) is 8.43. The summed E-state index contributed by atoms with van der Waals surface area (Å²) in [6, 6.07) is 0. The fourth-order valence-corrected chi connectivity index (χ4v) is 1.16. The Morgan fingerprint density at radius 2 is 2.27 bits per heavy atom. The Balaban J connectivity index is 3.37. The van der Waals surface area contributed by atoms with Gasteiger partial charge in [-0.2, -0.15) is 5.10 Å². The summed E-state index contributed by atoms with van der Waals surface area (Å²) in [6.45, 7) is 0. The van der Waals surface area contributed by atoms with E-state index >= 15 is 0 Å². The fourth-order valence-electron chi connectivity index (χ4n) is 0.530. The molecule has 0 spiro atoms. The van der Waals surface area contributed by atoms with Crippen molar-refractivity contribution < 1.29 is 0 Å². The Bertz CT molecular complexity index is 325. The van der Waals surface area contributed by atoms with Crippen molar-refractivity contribution in [2.75, 3.05) is 0 Å². The predicted octanol–water partition coefficient (Wildman–Crippen LogP) is 1.90. The minimum atomic E-state index is -0.393. The van der Waals surface area contributed by atoms with E-state index in [1.54, 1.807) is 0 Å². The summed E-state index contributed by atoms with van der Waals surface area (Å²) in [5.74, 6) is 0. The van der Waals surface area contributed by atoms with E-state index in [1.165, 1.54) is 6.20 Å². The van der Waals surface area contributed by atoms with E-state index in [0.717, 1.165) is 4.68 Å². The zero-order valence-corrected chi connectivity index (χ0v) is 8.32. The molecule has 6 heteroatoms. The molecule has 0 aliphatic rings. The molecule has 3 nitrogen and oxygen atoms in total. The largest absolute Gasteiger partial charge is 0.287 e. The zero-order valence-electron chi connectivity index (χ0n) is 5.22. The van der Waals surface area contributed by atoms with E-state index in [9.17, 15) is 4.79 Å². The number of aromatic nitrogens is 2. The number of alkyl halides is 1. The van der Waals surface area contributed by atoms with Crippen molar-refractivity contribution >= 4 is 39.1 Å².